The largest absolute Gasteiger partial charge is 0.369 e. The second kappa shape index (κ2) is 6.10. The van der Waals surface area contributed by atoms with E-state index in [9.17, 15) is 0 Å². The van der Waals surface area contributed by atoms with Crippen molar-refractivity contribution in [3.8, 4) is 5.69 Å². The van der Waals surface area contributed by atoms with Crippen molar-refractivity contribution in [2.75, 3.05) is 17.7 Å². The average molecular weight is 302 g/mol. The summed E-state index contributed by atoms with van der Waals surface area (Å²) in [5.41, 5.74) is 1.77. The van der Waals surface area contributed by atoms with Crippen LogP contribution < -0.4 is 5.32 Å². The van der Waals surface area contributed by atoms with Crippen LogP contribution in [0.5, 0.6) is 0 Å². The second-order valence-electron chi connectivity index (χ2n) is 4.99. The van der Waals surface area contributed by atoms with Gasteiger partial charge in [-0.3, -0.25) is 0 Å². The smallest absolute Gasteiger partial charge is 0.168 e. The van der Waals surface area contributed by atoms with Gasteiger partial charge >= 0.3 is 0 Å². The maximum absolute atomic E-state index is 5.83. The lowest BCUT2D eigenvalue weighted by molar-refractivity contribution is 0.695. The van der Waals surface area contributed by atoms with E-state index in [0.29, 0.717) is 11.8 Å². The number of hydrogen-bond donors (Lipinski definition) is 1. The maximum atomic E-state index is 5.83. The Morgan fingerprint density at radius 1 is 1.24 bits per heavy atom. The zero-order valence-electron chi connectivity index (χ0n) is 11.7. The van der Waals surface area contributed by atoms with Gasteiger partial charge in [-0.25, -0.2) is 14.6 Å². The van der Waals surface area contributed by atoms with E-state index in [4.69, 9.17) is 11.6 Å². The summed E-state index contributed by atoms with van der Waals surface area (Å²) in [6, 6.07) is 9.93. The van der Waals surface area contributed by atoms with Gasteiger partial charge in [0.05, 0.1) is 17.3 Å². The molecular weight excluding hydrogens is 286 g/mol. The molecule has 0 amide bonds. The molecule has 5 nitrogen and oxygen atoms in total. The molecule has 21 heavy (non-hydrogen) atoms. The van der Waals surface area contributed by atoms with Crippen LogP contribution in [0.2, 0.25) is 0 Å². The normalized spacial score (nSPS) is 12.5. The number of para-hydroxylation sites is 1. The van der Waals surface area contributed by atoms with Gasteiger partial charge in [-0.05, 0) is 18.1 Å². The number of benzene rings is 1. The van der Waals surface area contributed by atoms with Gasteiger partial charge in [-0.1, -0.05) is 25.1 Å². The van der Waals surface area contributed by atoms with Crippen LogP contribution in [-0.2, 0) is 0 Å². The average Bonchev–Trinajstić information content (AvgIpc) is 2.98. The quantitative estimate of drug-likeness (QED) is 0.736. The van der Waals surface area contributed by atoms with Crippen molar-refractivity contribution >= 4 is 28.5 Å². The van der Waals surface area contributed by atoms with Crippen molar-refractivity contribution in [3.05, 3.63) is 42.9 Å². The van der Waals surface area contributed by atoms with E-state index in [1.54, 1.807) is 12.5 Å². The summed E-state index contributed by atoms with van der Waals surface area (Å²) < 4.78 is 1.81. The van der Waals surface area contributed by atoms with E-state index >= 15 is 0 Å². The highest BCUT2D eigenvalue weighted by Crippen LogP contribution is 2.21. The highest BCUT2D eigenvalue weighted by molar-refractivity contribution is 6.18. The molecule has 0 fully saturated rings. The molecule has 0 spiro atoms. The fraction of sp³-hybridized carbons (Fsp3) is 0.267. The minimum absolute atomic E-state index is 0.376. The molecule has 0 saturated heterocycles. The highest BCUT2D eigenvalue weighted by atomic mass is 35.5. The molecule has 2 aromatic heterocycles. The molecule has 3 aromatic rings. The van der Waals surface area contributed by atoms with Crippen molar-refractivity contribution in [2.24, 2.45) is 5.92 Å². The third kappa shape index (κ3) is 2.83. The van der Waals surface area contributed by atoms with Gasteiger partial charge in [-0.2, -0.15) is 5.10 Å². The van der Waals surface area contributed by atoms with Gasteiger partial charge in [0.2, 0.25) is 0 Å². The molecule has 0 saturated carbocycles. The number of anilines is 1. The van der Waals surface area contributed by atoms with Crippen LogP contribution in [0.4, 0.5) is 5.82 Å². The van der Waals surface area contributed by atoms with Crippen LogP contribution in [0.3, 0.4) is 0 Å². The molecule has 1 aromatic carbocycles. The fourth-order valence-electron chi connectivity index (χ4n) is 2.07. The lowest BCUT2D eigenvalue weighted by Crippen LogP contribution is -2.13. The van der Waals surface area contributed by atoms with E-state index in [1.807, 2.05) is 35.0 Å². The van der Waals surface area contributed by atoms with Crippen LogP contribution in [0.15, 0.2) is 42.9 Å². The lowest BCUT2D eigenvalue weighted by Gasteiger charge is -2.10. The van der Waals surface area contributed by atoms with Crippen molar-refractivity contribution < 1.29 is 0 Å². The zero-order chi connectivity index (χ0) is 14.7. The Kier molecular flexibility index (Phi) is 4.01. The van der Waals surface area contributed by atoms with Gasteiger partial charge in [0.25, 0.3) is 0 Å². The van der Waals surface area contributed by atoms with Crippen molar-refractivity contribution in [1.29, 1.82) is 0 Å². The topological polar surface area (TPSA) is 55.6 Å². The predicted molar refractivity (Wildman–Crippen MR) is 85.0 cm³/mol. The number of alkyl halides is 1. The molecule has 1 N–H and O–H groups in total. The molecular formula is C15H16ClN5. The third-order valence-electron chi connectivity index (χ3n) is 3.25. The molecule has 0 aliphatic heterocycles. The molecule has 108 valence electrons. The first kappa shape index (κ1) is 13.8. The molecule has 0 bridgehead atoms. The molecule has 0 aliphatic carbocycles. The Bertz CT molecular complexity index is 725. The molecule has 6 heteroatoms. The van der Waals surface area contributed by atoms with E-state index in [1.165, 1.54) is 0 Å². The SMILES string of the molecule is CC(CCl)CNc1ncnc2c1cnn2-c1ccccc1. The van der Waals surface area contributed by atoms with Gasteiger partial charge in [0.15, 0.2) is 5.65 Å². The standard InChI is InChI=1S/C15H16ClN5/c1-11(7-16)8-17-14-13-9-20-21(15(13)19-10-18-14)12-5-3-2-4-6-12/h2-6,9-11H,7-8H2,1H3,(H,17,18,19). The molecule has 2 heterocycles. The van der Waals surface area contributed by atoms with E-state index < -0.39 is 0 Å². The van der Waals surface area contributed by atoms with Crippen molar-refractivity contribution in [3.63, 3.8) is 0 Å². The minimum atomic E-state index is 0.376. The van der Waals surface area contributed by atoms with Crippen molar-refractivity contribution in [1.82, 2.24) is 19.7 Å². The van der Waals surface area contributed by atoms with Crippen LogP contribution in [-0.4, -0.2) is 32.2 Å². The van der Waals surface area contributed by atoms with Gasteiger partial charge in [0.1, 0.15) is 12.1 Å². The van der Waals surface area contributed by atoms with Crippen LogP contribution in [0.25, 0.3) is 16.7 Å². The Hall–Kier alpha value is -2.14. The van der Waals surface area contributed by atoms with Gasteiger partial charge in [0, 0.05) is 12.4 Å². The second-order valence-corrected chi connectivity index (χ2v) is 5.30. The summed E-state index contributed by atoms with van der Waals surface area (Å²) in [4.78, 5) is 8.65. The molecule has 3 rings (SSSR count). The number of aromatic nitrogens is 4. The van der Waals surface area contributed by atoms with E-state index in [0.717, 1.165) is 29.1 Å². The minimum Gasteiger partial charge on any atom is -0.369 e. The first-order valence-electron chi connectivity index (χ1n) is 6.83. The Balaban J connectivity index is 1.97. The van der Waals surface area contributed by atoms with Crippen LogP contribution in [0.1, 0.15) is 6.92 Å². The Labute approximate surface area is 128 Å². The number of nitrogens with zero attached hydrogens (tertiary/aromatic N) is 4. The third-order valence-corrected chi connectivity index (χ3v) is 3.77. The highest BCUT2D eigenvalue weighted by Gasteiger charge is 2.11. The summed E-state index contributed by atoms with van der Waals surface area (Å²) in [6.45, 7) is 2.86. The molecule has 1 unspecified atom stereocenters. The summed E-state index contributed by atoms with van der Waals surface area (Å²) in [7, 11) is 0. The van der Waals surface area contributed by atoms with Crippen molar-refractivity contribution in [2.45, 2.75) is 6.92 Å². The van der Waals surface area contributed by atoms with Crippen LogP contribution in [0, 0.1) is 5.92 Å². The van der Waals surface area contributed by atoms with Gasteiger partial charge in [-0.15, -0.1) is 11.6 Å². The number of fused-ring (bicyclic) bond motifs is 1. The summed E-state index contributed by atoms with van der Waals surface area (Å²) in [5.74, 6) is 1.78. The molecule has 1 atom stereocenters. The first-order chi connectivity index (χ1) is 10.3. The predicted octanol–water partition coefficient (Wildman–Crippen LogP) is 3.10. The lowest BCUT2D eigenvalue weighted by atomic mass is 10.2. The number of hydrogen-bond acceptors (Lipinski definition) is 4. The summed E-state index contributed by atoms with van der Waals surface area (Å²) in [6.07, 6.45) is 3.34. The molecule has 0 radical (unpaired) electrons. The monoisotopic (exact) mass is 301 g/mol. The Morgan fingerprint density at radius 3 is 2.81 bits per heavy atom. The summed E-state index contributed by atoms with van der Waals surface area (Å²) >= 11 is 5.83. The van der Waals surface area contributed by atoms with Gasteiger partial charge < -0.3 is 5.32 Å². The molecule has 0 aliphatic rings. The fourth-order valence-corrected chi connectivity index (χ4v) is 2.18. The Morgan fingerprint density at radius 2 is 2.05 bits per heavy atom. The zero-order valence-corrected chi connectivity index (χ0v) is 12.5. The van der Waals surface area contributed by atoms with E-state index in [-0.39, 0.29) is 0 Å². The maximum Gasteiger partial charge on any atom is 0.168 e. The first-order valence-corrected chi connectivity index (χ1v) is 7.37. The summed E-state index contributed by atoms with van der Waals surface area (Å²) in [5, 5.41) is 8.64. The van der Waals surface area contributed by atoms with Crippen LogP contribution >= 0.6 is 11.6 Å². The number of nitrogens with one attached hydrogen (secondary N) is 1. The number of halogens is 1. The number of rotatable bonds is 5. The van der Waals surface area contributed by atoms with E-state index in [2.05, 4.69) is 27.3 Å².